The molecule has 15 atom stereocenters. The number of ketones is 1. The van der Waals surface area contributed by atoms with Gasteiger partial charge in [0, 0.05) is 55.8 Å². The Morgan fingerprint density at radius 3 is 1.72 bits per heavy atom. The Balaban J connectivity index is 1.17. The molecule has 9 aliphatic rings. The molecule has 10 nitrogen and oxygen atoms in total. The van der Waals surface area contributed by atoms with Crippen molar-refractivity contribution in [3.8, 4) is 0 Å². The number of carbonyl (C=O) groups excluding carboxylic acids is 3. The van der Waals surface area contributed by atoms with Gasteiger partial charge in [0.15, 0.2) is 11.4 Å². The van der Waals surface area contributed by atoms with Gasteiger partial charge in [-0.25, -0.2) is 0 Å². The van der Waals surface area contributed by atoms with Crippen LogP contribution in [0.5, 0.6) is 0 Å². The molecular formula is C44H64O10. The van der Waals surface area contributed by atoms with Gasteiger partial charge in [0.1, 0.15) is 23.6 Å². The SMILES string of the molecule is CC(=O)O[C@H]1C[C@]2(O)C[C@@]3(CC[C@@H]4C(C)(C)[C@H](O)CC[C@@]4(C)[C@H]13)C(=O)[C@]21CCC2=C(O1)[C@]13CC[C@@H]4C(C)(C)[C@@H](O)CC[C@]4(C)[C@H]1[C@H](OC(C)=O)C[C@@]2(O)C3. The molecule has 8 aliphatic carbocycles. The first-order valence-corrected chi connectivity index (χ1v) is 21.1. The average molecular weight is 753 g/mol. The maximum Gasteiger partial charge on any atom is 0.302 e. The van der Waals surface area contributed by atoms with Crippen LogP contribution in [0.1, 0.15) is 145 Å². The summed E-state index contributed by atoms with van der Waals surface area (Å²) in [7, 11) is 0. The number of fused-ring (bicyclic) bond motifs is 8. The molecule has 0 radical (unpaired) electrons. The number of hydrogen-bond acceptors (Lipinski definition) is 10. The van der Waals surface area contributed by atoms with Crippen molar-refractivity contribution in [3.05, 3.63) is 11.3 Å². The van der Waals surface area contributed by atoms with Crippen LogP contribution in [-0.2, 0) is 28.6 Å². The summed E-state index contributed by atoms with van der Waals surface area (Å²) in [6, 6.07) is 0. The molecule has 0 aromatic rings. The van der Waals surface area contributed by atoms with Crippen molar-refractivity contribution in [2.45, 2.75) is 187 Å². The molecule has 4 N–H and O–H groups in total. The lowest BCUT2D eigenvalue weighted by Gasteiger charge is -2.66. The van der Waals surface area contributed by atoms with Crippen LogP contribution in [0.25, 0.3) is 0 Å². The minimum absolute atomic E-state index is 0.0846. The second kappa shape index (κ2) is 10.9. The lowest BCUT2D eigenvalue weighted by Crippen LogP contribution is -2.65. The molecule has 0 unspecified atom stereocenters. The lowest BCUT2D eigenvalue weighted by molar-refractivity contribution is -0.242. The van der Waals surface area contributed by atoms with Crippen LogP contribution in [0.15, 0.2) is 11.3 Å². The van der Waals surface area contributed by atoms with Crippen molar-refractivity contribution < 1.29 is 49.0 Å². The van der Waals surface area contributed by atoms with Gasteiger partial charge in [-0.2, -0.15) is 0 Å². The summed E-state index contributed by atoms with van der Waals surface area (Å²) in [5.41, 5.74) is -6.95. The van der Waals surface area contributed by atoms with E-state index in [-0.39, 0.29) is 66.0 Å². The monoisotopic (exact) mass is 752 g/mol. The number of aliphatic hydroxyl groups is 4. The number of Topliss-reactive ketones (excluding diaryl/α,β-unsaturated/α-hetero) is 1. The van der Waals surface area contributed by atoms with Crippen molar-refractivity contribution >= 4 is 17.7 Å². The molecule has 0 amide bonds. The second-order valence-corrected chi connectivity index (χ2v) is 21.9. The zero-order valence-corrected chi connectivity index (χ0v) is 33.8. The summed E-state index contributed by atoms with van der Waals surface area (Å²) in [6.07, 6.45) is 4.69. The van der Waals surface area contributed by atoms with Crippen LogP contribution < -0.4 is 0 Å². The molecule has 0 aromatic heterocycles. The van der Waals surface area contributed by atoms with Crippen molar-refractivity contribution in [2.75, 3.05) is 0 Å². The van der Waals surface area contributed by atoms with Crippen molar-refractivity contribution in [2.24, 2.45) is 56.2 Å². The Hall–Kier alpha value is -2.01. The third kappa shape index (κ3) is 4.25. The van der Waals surface area contributed by atoms with Crippen LogP contribution in [0.4, 0.5) is 0 Å². The summed E-state index contributed by atoms with van der Waals surface area (Å²) in [5.74, 6) is -0.637. The van der Waals surface area contributed by atoms with E-state index in [1.165, 1.54) is 13.8 Å². The van der Waals surface area contributed by atoms with Gasteiger partial charge in [-0.15, -0.1) is 0 Å². The van der Waals surface area contributed by atoms with Crippen molar-refractivity contribution in [3.63, 3.8) is 0 Å². The first-order valence-electron chi connectivity index (χ1n) is 21.1. The molecule has 1 aliphatic heterocycles. The number of allylic oxidation sites excluding steroid dienone is 1. The molecule has 3 spiro atoms. The summed E-state index contributed by atoms with van der Waals surface area (Å²) in [5, 5.41) is 48.3. The minimum Gasteiger partial charge on any atom is -0.480 e. The Morgan fingerprint density at radius 2 is 1.19 bits per heavy atom. The Bertz CT molecular complexity index is 1730. The van der Waals surface area contributed by atoms with E-state index in [9.17, 15) is 30.0 Å². The molecule has 10 heteroatoms. The highest BCUT2D eigenvalue weighted by molar-refractivity contribution is 5.98. The van der Waals surface area contributed by atoms with E-state index >= 15 is 4.79 Å². The first kappa shape index (κ1) is 37.6. The highest BCUT2D eigenvalue weighted by Gasteiger charge is 2.83. The van der Waals surface area contributed by atoms with Crippen molar-refractivity contribution in [1.29, 1.82) is 0 Å². The molecule has 1 heterocycles. The Labute approximate surface area is 320 Å². The molecule has 7 fully saturated rings. The maximum absolute atomic E-state index is 15.9. The summed E-state index contributed by atoms with van der Waals surface area (Å²) in [4.78, 5) is 41.5. The van der Waals surface area contributed by atoms with E-state index in [0.717, 1.165) is 18.4 Å². The van der Waals surface area contributed by atoms with E-state index in [1.54, 1.807) is 0 Å². The minimum atomic E-state index is -1.61. The third-order valence-electron chi connectivity index (χ3n) is 18.9. The predicted molar refractivity (Wildman–Crippen MR) is 196 cm³/mol. The van der Waals surface area contributed by atoms with Crippen LogP contribution in [-0.4, -0.2) is 79.4 Å². The molecule has 9 rings (SSSR count). The Kier molecular flexibility index (Phi) is 7.60. The van der Waals surface area contributed by atoms with Gasteiger partial charge in [0.05, 0.1) is 17.8 Å². The van der Waals surface area contributed by atoms with Gasteiger partial charge < -0.3 is 34.6 Å². The van der Waals surface area contributed by atoms with Crippen LogP contribution in [0.3, 0.4) is 0 Å². The quantitative estimate of drug-likeness (QED) is 0.258. The topological polar surface area (TPSA) is 160 Å². The fourth-order valence-corrected chi connectivity index (χ4v) is 17.2. The third-order valence-corrected chi connectivity index (χ3v) is 18.9. The smallest absolute Gasteiger partial charge is 0.302 e. The molecule has 300 valence electrons. The standard InChI is InChI=1S/C44H64O10/c1-23(45)52-26-19-42(50)21-40(16-10-28-36(3,4)30(47)12-14-38(28,7)32(26)40)34-25(42)9-18-44(54-34)35(49)41-17-11-29-37(5,6)31(48)13-15-39(29,8)33(41)27(53-24(2)46)20-43(44,51)22-41/h26-33,47-48,50-51H,9-22H2,1-8H3/t26-,27+,28-,29-,30+,31-,32-,33+,38+,39-,40+,41-,42-,43+,44-/m1/s1. The highest BCUT2D eigenvalue weighted by atomic mass is 16.6. The number of ether oxygens (including phenoxy) is 3. The van der Waals surface area contributed by atoms with Crippen LogP contribution >= 0.6 is 0 Å². The van der Waals surface area contributed by atoms with Gasteiger partial charge in [-0.05, 0) is 110 Å². The van der Waals surface area contributed by atoms with Gasteiger partial charge in [-0.3, -0.25) is 14.4 Å². The van der Waals surface area contributed by atoms with Gasteiger partial charge in [-0.1, -0.05) is 41.5 Å². The van der Waals surface area contributed by atoms with E-state index < -0.39 is 74.8 Å². The maximum atomic E-state index is 15.9. The molecule has 54 heavy (non-hydrogen) atoms. The van der Waals surface area contributed by atoms with Crippen LogP contribution in [0, 0.1) is 56.2 Å². The zero-order valence-electron chi connectivity index (χ0n) is 33.8. The molecule has 4 bridgehead atoms. The summed E-state index contributed by atoms with van der Waals surface area (Å²) < 4.78 is 19.9. The molecule has 7 saturated carbocycles. The molecule has 0 saturated heterocycles. The van der Waals surface area contributed by atoms with E-state index in [4.69, 9.17) is 14.2 Å². The number of aliphatic hydroxyl groups excluding tert-OH is 2. The predicted octanol–water partition coefficient (Wildman–Crippen LogP) is 5.70. The normalized spacial score (nSPS) is 54.7. The number of esters is 2. The summed E-state index contributed by atoms with van der Waals surface area (Å²) >= 11 is 0. The van der Waals surface area contributed by atoms with E-state index in [0.29, 0.717) is 57.1 Å². The highest BCUT2D eigenvalue weighted by Crippen LogP contribution is 2.78. The fourth-order valence-electron chi connectivity index (χ4n) is 17.2. The largest absolute Gasteiger partial charge is 0.480 e. The first-order chi connectivity index (χ1) is 25.0. The fraction of sp³-hybridized carbons (Fsp3) is 0.886. The second-order valence-electron chi connectivity index (χ2n) is 21.9. The zero-order chi connectivity index (χ0) is 39.0. The Morgan fingerprint density at radius 1 is 0.685 bits per heavy atom. The van der Waals surface area contributed by atoms with Gasteiger partial charge >= 0.3 is 11.9 Å². The number of carbonyl (C=O) groups is 3. The van der Waals surface area contributed by atoms with E-state index in [1.807, 2.05) is 0 Å². The average Bonchev–Trinajstić information content (AvgIpc) is 3.32. The molecular weight excluding hydrogens is 688 g/mol. The lowest BCUT2D eigenvalue weighted by atomic mass is 9.39. The van der Waals surface area contributed by atoms with Crippen LogP contribution in [0.2, 0.25) is 0 Å². The number of rotatable bonds is 2. The van der Waals surface area contributed by atoms with E-state index in [2.05, 4.69) is 41.5 Å². The van der Waals surface area contributed by atoms with Gasteiger partial charge in [0.25, 0.3) is 0 Å². The summed E-state index contributed by atoms with van der Waals surface area (Å²) in [6.45, 7) is 15.9. The van der Waals surface area contributed by atoms with Gasteiger partial charge in [0.2, 0.25) is 0 Å². The van der Waals surface area contributed by atoms with Crippen molar-refractivity contribution in [1.82, 2.24) is 0 Å². The molecule has 0 aromatic carbocycles. The number of hydrogen-bond donors (Lipinski definition) is 4.